The maximum atomic E-state index is 12.5. The van der Waals surface area contributed by atoms with Crippen molar-refractivity contribution in [2.24, 2.45) is 0 Å². The van der Waals surface area contributed by atoms with Gasteiger partial charge in [0.25, 0.3) is 3.79 Å². The molecule has 11 heteroatoms. The lowest BCUT2D eigenvalue weighted by Gasteiger charge is -2.43. The number of hydrogen-bond acceptors (Lipinski definition) is 8. The number of methoxy groups -OCH3 is 1. The van der Waals surface area contributed by atoms with Crippen molar-refractivity contribution >= 4 is 52.6 Å². The minimum atomic E-state index is -2.15. The molecule has 0 aliphatic carbocycles. The molecule has 1 aromatic rings. The topological polar surface area (TPSA) is 104 Å². The van der Waals surface area contributed by atoms with E-state index in [2.05, 4.69) is 0 Å². The highest BCUT2D eigenvalue weighted by Crippen LogP contribution is 2.33. The quantitative estimate of drug-likeness (QED) is 0.306. The number of hydrogen-bond donors (Lipinski definition) is 1. The Kier molecular flexibility index (Phi) is 8.13. The van der Waals surface area contributed by atoms with E-state index in [1.54, 1.807) is 37.3 Å². The number of nitrogens with one attached hydrogen (secondary N) is 1. The van der Waals surface area contributed by atoms with Crippen molar-refractivity contribution in [3.8, 4) is 0 Å². The minimum absolute atomic E-state index is 0.329. The lowest BCUT2D eigenvalue weighted by Crippen LogP contribution is -2.61. The third-order valence-electron chi connectivity index (χ3n) is 4.05. The number of benzene rings is 1. The second-order valence-electron chi connectivity index (χ2n) is 6.16. The molecule has 5 atom stereocenters. The lowest BCUT2D eigenvalue weighted by molar-refractivity contribution is -0.281. The molecule has 0 bridgehead atoms. The molecule has 0 amide bonds. The SMILES string of the molecule is CO[C@@H]1[C@@H](OC(C)=O)[C@@H](OC(=N)C(Cl)(Cl)Cl)O[C@H](C)[C@H]1OC(=O)c1ccccc1. The van der Waals surface area contributed by atoms with Crippen LogP contribution in [0.4, 0.5) is 0 Å². The third kappa shape index (κ3) is 6.20. The Balaban J connectivity index is 2.25. The fourth-order valence-corrected chi connectivity index (χ4v) is 2.90. The van der Waals surface area contributed by atoms with Crippen molar-refractivity contribution in [3.63, 3.8) is 0 Å². The normalized spacial score (nSPS) is 27.0. The maximum absolute atomic E-state index is 12.5. The smallest absolute Gasteiger partial charge is 0.338 e. The molecule has 1 aromatic carbocycles. The monoisotopic (exact) mass is 467 g/mol. The van der Waals surface area contributed by atoms with E-state index in [0.29, 0.717) is 5.56 Å². The number of rotatable bonds is 5. The summed E-state index contributed by atoms with van der Waals surface area (Å²) < 4.78 is 25.1. The summed E-state index contributed by atoms with van der Waals surface area (Å²) in [6, 6.07) is 8.34. The molecule has 8 nitrogen and oxygen atoms in total. The number of ether oxygens (including phenoxy) is 5. The fraction of sp³-hybridized carbons (Fsp3) is 0.500. The van der Waals surface area contributed by atoms with Crippen LogP contribution in [0.2, 0.25) is 0 Å². The largest absolute Gasteiger partial charge is 0.453 e. The second-order valence-corrected chi connectivity index (χ2v) is 8.45. The van der Waals surface area contributed by atoms with E-state index >= 15 is 0 Å². The van der Waals surface area contributed by atoms with E-state index in [4.69, 9.17) is 63.9 Å². The molecule has 0 spiro atoms. The molecular formula is C18H20Cl3NO7. The van der Waals surface area contributed by atoms with Crippen molar-refractivity contribution < 1.29 is 33.3 Å². The van der Waals surface area contributed by atoms with Crippen LogP contribution in [0.25, 0.3) is 0 Å². The summed E-state index contributed by atoms with van der Waals surface area (Å²) in [5.41, 5.74) is 0.329. The number of halogens is 3. The van der Waals surface area contributed by atoms with Crippen LogP contribution in [0, 0.1) is 5.41 Å². The van der Waals surface area contributed by atoms with Gasteiger partial charge in [-0.05, 0) is 19.1 Å². The first kappa shape index (κ1) is 23.7. The molecule has 0 aromatic heterocycles. The number of carbonyl (C=O) groups excluding carboxylic acids is 2. The van der Waals surface area contributed by atoms with E-state index in [0.717, 1.165) is 0 Å². The van der Waals surface area contributed by atoms with Crippen LogP contribution in [-0.4, -0.2) is 59.4 Å². The summed E-state index contributed by atoms with van der Waals surface area (Å²) in [4.78, 5) is 24.1. The molecule has 0 unspecified atom stereocenters. The van der Waals surface area contributed by atoms with Crippen LogP contribution < -0.4 is 0 Å². The van der Waals surface area contributed by atoms with Gasteiger partial charge in [0.2, 0.25) is 12.2 Å². The first-order valence-corrected chi connectivity index (χ1v) is 9.62. The predicted molar refractivity (Wildman–Crippen MR) is 105 cm³/mol. The highest BCUT2D eigenvalue weighted by Gasteiger charge is 2.51. The predicted octanol–water partition coefficient (Wildman–Crippen LogP) is 3.27. The molecule has 1 N–H and O–H groups in total. The first-order valence-electron chi connectivity index (χ1n) is 8.48. The van der Waals surface area contributed by atoms with Crippen LogP contribution in [0.5, 0.6) is 0 Å². The maximum Gasteiger partial charge on any atom is 0.338 e. The fourth-order valence-electron chi connectivity index (χ4n) is 2.76. The van der Waals surface area contributed by atoms with Gasteiger partial charge in [0, 0.05) is 14.0 Å². The van der Waals surface area contributed by atoms with Crippen molar-refractivity contribution in [2.45, 2.75) is 48.3 Å². The highest BCUT2D eigenvalue weighted by molar-refractivity contribution is 6.76. The van der Waals surface area contributed by atoms with Gasteiger partial charge in [-0.3, -0.25) is 10.2 Å². The molecule has 29 heavy (non-hydrogen) atoms. The van der Waals surface area contributed by atoms with Gasteiger partial charge in [0.1, 0.15) is 6.10 Å². The summed E-state index contributed by atoms with van der Waals surface area (Å²) in [5.74, 6) is -2.01. The van der Waals surface area contributed by atoms with E-state index in [1.165, 1.54) is 14.0 Å². The summed E-state index contributed by atoms with van der Waals surface area (Å²) in [6.45, 7) is 2.78. The van der Waals surface area contributed by atoms with Crippen LogP contribution >= 0.6 is 34.8 Å². The van der Waals surface area contributed by atoms with Gasteiger partial charge in [0.15, 0.2) is 12.2 Å². The van der Waals surface area contributed by atoms with Gasteiger partial charge in [0.05, 0.1) is 11.7 Å². The van der Waals surface area contributed by atoms with Gasteiger partial charge in [-0.15, -0.1) is 0 Å². The Hall–Kier alpha value is -1.58. The first-order chi connectivity index (χ1) is 13.5. The van der Waals surface area contributed by atoms with Crippen molar-refractivity contribution in [3.05, 3.63) is 35.9 Å². The molecule has 1 heterocycles. The van der Waals surface area contributed by atoms with Gasteiger partial charge < -0.3 is 23.7 Å². The van der Waals surface area contributed by atoms with E-state index < -0.39 is 52.3 Å². The van der Waals surface area contributed by atoms with Crippen LogP contribution in [0.15, 0.2) is 30.3 Å². The summed E-state index contributed by atoms with van der Waals surface area (Å²) in [5, 5.41) is 7.75. The van der Waals surface area contributed by atoms with Crippen LogP contribution in [0.3, 0.4) is 0 Å². The zero-order valence-corrected chi connectivity index (χ0v) is 18.0. The number of carbonyl (C=O) groups is 2. The Morgan fingerprint density at radius 1 is 1.03 bits per heavy atom. The van der Waals surface area contributed by atoms with E-state index in [-0.39, 0.29) is 0 Å². The van der Waals surface area contributed by atoms with Crippen molar-refractivity contribution in [1.29, 1.82) is 5.41 Å². The molecule has 2 rings (SSSR count). The van der Waals surface area contributed by atoms with E-state index in [9.17, 15) is 9.59 Å². The van der Waals surface area contributed by atoms with Gasteiger partial charge >= 0.3 is 11.9 Å². The second kappa shape index (κ2) is 9.95. The summed E-state index contributed by atoms with van der Waals surface area (Å²) in [7, 11) is 1.35. The van der Waals surface area contributed by atoms with Crippen molar-refractivity contribution in [2.75, 3.05) is 7.11 Å². The number of esters is 2. The average Bonchev–Trinajstić information content (AvgIpc) is 2.64. The zero-order chi connectivity index (χ0) is 21.8. The third-order valence-corrected chi connectivity index (χ3v) is 4.56. The molecule has 160 valence electrons. The molecule has 0 radical (unpaired) electrons. The summed E-state index contributed by atoms with van der Waals surface area (Å²) >= 11 is 16.9. The molecule has 1 saturated heterocycles. The van der Waals surface area contributed by atoms with Gasteiger partial charge in [-0.1, -0.05) is 53.0 Å². The average molecular weight is 469 g/mol. The molecule has 1 aliphatic rings. The molecule has 1 fully saturated rings. The molecule has 0 saturated carbocycles. The number of alkyl halides is 3. The Morgan fingerprint density at radius 3 is 2.17 bits per heavy atom. The summed E-state index contributed by atoms with van der Waals surface area (Å²) in [6.07, 6.45) is -5.20. The standard InChI is InChI=1S/C18H20Cl3NO7/c1-9-12(28-15(24)11-7-5-4-6-8-11)13(25-3)14(27-10(2)23)16(26-9)29-17(22)18(19,20)21/h4-9,12-14,16,22H,1-3H3/t9-,12-,13+,14-,16-/m1/s1. The van der Waals surface area contributed by atoms with E-state index in [1.807, 2.05) is 0 Å². The Morgan fingerprint density at radius 2 is 1.66 bits per heavy atom. The zero-order valence-electron chi connectivity index (χ0n) is 15.8. The van der Waals surface area contributed by atoms with Gasteiger partial charge in [-0.25, -0.2) is 4.79 Å². The highest BCUT2D eigenvalue weighted by atomic mass is 35.6. The molecular weight excluding hydrogens is 449 g/mol. The lowest BCUT2D eigenvalue weighted by atomic mass is 9.99. The minimum Gasteiger partial charge on any atom is -0.453 e. The Labute approximate surface area is 182 Å². The molecule has 1 aliphatic heterocycles. The van der Waals surface area contributed by atoms with Gasteiger partial charge in [-0.2, -0.15) is 0 Å². The van der Waals surface area contributed by atoms with Crippen LogP contribution in [0.1, 0.15) is 24.2 Å². The van der Waals surface area contributed by atoms with Crippen molar-refractivity contribution in [1.82, 2.24) is 0 Å². The Bertz CT molecular complexity index is 741. The van der Waals surface area contributed by atoms with Crippen LogP contribution in [-0.2, 0) is 28.5 Å².